The molecule has 2 fully saturated rings. The van der Waals surface area contributed by atoms with E-state index in [4.69, 9.17) is 26.2 Å². The molecule has 128 valence electrons. The van der Waals surface area contributed by atoms with Gasteiger partial charge in [0.25, 0.3) is 0 Å². The zero-order valence-corrected chi connectivity index (χ0v) is 14.7. The molecule has 0 amide bonds. The van der Waals surface area contributed by atoms with Crippen molar-refractivity contribution in [2.75, 3.05) is 0 Å². The molecule has 5 nitrogen and oxygen atoms in total. The number of halogens is 1. The molecule has 0 radical (unpaired) electrons. The second-order valence-corrected chi connectivity index (χ2v) is 7.31. The van der Waals surface area contributed by atoms with E-state index >= 15 is 0 Å². The molecule has 1 aliphatic carbocycles. The van der Waals surface area contributed by atoms with E-state index in [1.54, 1.807) is 12.3 Å². The molecule has 1 aliphatic heterocycles. The Morgan fingerprint density at radius 2 is 1.96 bits per heavy atom. The van der Waals surface area contributed by atoms with Crippen LogP contribution >= 0.6 is 11.6 Å². The molecule has 3 atom stereocenters. The second kappa shape index (κ2) is 6.37. The molecule has 24 heavy (non-hydrogen) atoms. The summed E-state index contributed by atoms with van der Waals surface area (Å²) in [6.45, 7) is 4.24. The normalized spacial score (nSPS) is 27.2. The maximum absolute atomic E-state index is 6.11. The molecule has 1 saturated carbocycles. The molecular weight excluding hydrogens is 326 g/mol. The first-order chi connectivity index (χ1) is 11.6. The highest BCUT2D eigenvalue weighted by molar-refractivity contribution is 6.29. The molecule has 0 bridgehead atoms. The zero-order valence-electron chi connectivity index (χ0n) is 14.0. The van der Waals surface area contributed by atoms with Crippen LogP contribution in [0.1, 0.15) is 57.2 Å². The third-order valence-corrected chi connectivity index (χ3v) is 4.86. The third-order valence-electron chi connectivity index (χ3n) is 4.65. The Bertz CT molecular complexity index is 719. The fraction of sp³-hybridized carbons (Fsp3) is 0.556. The minimum atomic E-state index is 0.232. The van der Waals surface area contributed by atoms with Crippen LogP contribution < -0.4 is 4.74 Å². The SMILES string of the molecule is C[C@@H]1C[C@@H](n2nc(C3CC3)cc2Oc2ccnc(Cl)c2)C[C@H](C)O1. The first kappa shape index (κ1) is 15.9. The van der Waals surface area contributed by atoms with E-state index in [1.165, 1.54) is 12.8 Å². The molecule has 0 aromatic carbocycles. The fourth-order valence-electron chi connectivity index (χ4n) is 3.45. The maximum Gasteiger partial charge on any atom is 0.218 e. The van der Waals surface area contributed by atoms with Crippen LogP contribution in [0.3, 0.4) is 0 Å². The van der Waals surface area contributed by atoms with Gasteiger partial charge in [-0.2, -0.15) is 5.10 Å². The molecule has 4 rings (SSSR count). The molecule has 0 N–H and O–H groups in total. The summed E-state index contributed by atoms with van der Waals surface area (Å²) in [5, 5.41) is 5.30. The topological polar surface area (TPSA) is 49.2 Å². The van der Waals surface area contributed by atoms with Crippen LogP contribution in [0, 0.1) is 0 Å². The second-order valence-electron chi connectivity index (χ2n) is 6.93. The first-order valence-corrected chi connectivity index (χ1v) is 9.00. The van der Waals surface area contributed by atoms with Gasteiger partial charge in [0.05, 0.1) is 23.9 Å². The van der Waals surface area contributed by atoms with Crippen molar-refractivity contribution in [3.05, 3.63) is 35.2 Å². The van der Waals surface area contributed by atoms with E-state index in [9.17, 15) is 0 Å². The number of ether oxygens (including phenoxy) is 2. The van der Waals surface area contributed by atoms with E-state index < -0.39 is 0 Å². The molecule has 0 unspecified atom stereocenters. The van der Waals surface area contributed by atoms with Gasteiger partial charge in [-0.25, -0.2) is 9.67 Å². The van der Waals surface area contributed by atoms with Gasteiger partial charge in [0.15, 0.2) is 0 Å². The standard InChI is InChI=1S/C18H22ClN3O2/c1-11-7-14(8-12(2)23-11)22-18(10-16(21-22)13-3-4-13)24-15-5-6-20-17(19)9-15/h5-6,9-14H,3-4,7-8H2,1-2H3/t11-,12+,14-. The highest BCUT2D eigenvalue weighted by Crippen LogP contribution is 2.42. The van der Waals surface area contributed by atoms with Crippen molar-refractivity contribution in [1.82, 2.24) is 14.8 Å². The maximum atomic E-state index is 6.11. The van der Waals surface area contributed by atoms with Crippen molar-refractivity contribution in [1.29, 1.82) is 0 Å². The molecule has 3 heterocycles. The van der Waals surface area contributed by atoms with Crippen molar-refractivity contribution < 1.29 is 9.47 Å². The van der Waals surface area contributed by atoms with Crippen molar-refractivity contribution >= 4 is 11.6 Å². The summed E-state index contributed by atoms with van der Waals surface area (Å²) in [4.78, 5) is 4.00. The summed E-state index contributed by atoms with van der Waals surface area (Å²) >= 11 is 5.97. The van der Waals surface area contributed by atoms with Crippen LogP contribution in [0.25, 0.3) is 0 Å². The number of hydrogen-bond acceptors (Lipinski definition) is 4. The molecule has 2 aromatic rings. The quantitative estimate of drug-likeness (QED) is 0.750. The summed E-state index contributed by atoms with van der Waals surface area (Å²) < 4.78 is 14.0. The highest BCUT2D eigenvalue weighted by Gasteiger charge is 2.32. The lowest BCUT2D eigenvalue weighted by Gasteiger charge is -2.32. The minimum Gasteiger partial charge on any atom is -0.439 e. The Labute approximate surface area is 146 Å². The summed E-state index contributed by atoms with van der Waals surface area (Å²) in [5.41, 5.74) is 1.14. The van der Waals surface area contributed by atoms with E-state index in [2.05, 4.69) is 29.6 Å². The van der Waals surface area contributed by atoms with Crippen LogP contribution in [0.15, 0.2) is 24.4 Å². The average molecular weight is 348 g/mol. The average Bonchev–Trinajstić information content (AvgIpc) is 3.28. The minimum absolute atomic E-state index is 0.232. The lowest BCUT2D eigenvalue weighted by atomic mass is 10.0. The largest absolute Gasteiger partial charge is 0.439 e. The smallest absolute Gasteiger partial charge is 0.218 e. The Hall–Kier alpha value is -1.59. The van der Waals surface area contributed by atoms with Gasteiger partial charge < -0.3 is 9.47 Å². The lowest BCUT2D eigenvalue weighted by molar-refractivity contribution is -0.0514. The van der Waals surface area contributed by atoms with Gasteiger partial charge in [0.1, 0.15) is 10.9 Å². The van der Waals surface area contributed by atoms with Gasteiger partial charge in [-0.05, 0) is 45.6 Å². The molecule has 1 saturated heterocycles. The van der Waals surface area contributed by atoms with Gasteiger partial charge in [0.2, 0.25) is 5.88 Å². The van der Waals surface area contributed by atoms with Gasteiger partial charge in [0, 0.05) is 24.2 Å². The summed E-state index contributed by atoms with van der Waals surface area (Å²) in [6.07, 6.45) is 6.45. The van der Waals surface area contributed by atoms with E-state index in [1.807, 2.05) is 6.07 Å². The van der Waals surface area contributed by atoms with Gasteiger partial charge in [-0.1, -0.05) is 11.6 Å². The van der Waals surface area contributed by atoms with Crippen LogP contribution in [0.2, 0.25) is 5.15 Å². The summed E-state index contributed by atoms with van der Waals surface area (Å²) in [7, 11) is 0. The fourth-order valence-corrected chi connectivity index (χ4v) is 3.61. The molecule has 6 heteroatoms. The summed E-state index contributed by atoms with van der Waals surface area (Å²) in [6, 6.07) is 5.92. The van der Waals surface area contributed by atoms with E-state index in [0.717, 1.165) is 24.4 Å². The number of aromatic nitrogens is 3. The van der Waals surface area contributed by atoms with Crippen LogP contribution in [0.4, 0.5) is 0 Å². The number of pyridine rings is 1. The molecule has 2 aliphatic rings. The Kier molecular flexibility index (Phi) is 4.22. The van der Waals surface area contributed by atoms with E-state index in [-0.39, 0.29) is 12.2 Å². The van der Waals surface area contributed by atoms with Gasteiger partial charge in [-0.3, -0.25) is 0 Å². The van der Waals surface area contributed by atoms with Crippen molar-refractivity contribution in [3.8, 4) is 11.6 Å². The van der Waals surface area contributed by atoms with Crippen molar-refractivity contribution in [3.63, 3.8) is 0 Å². The van der Waals surface area contributed by atoms with Crippen molar-refractivity contribution in [2.24, 2.45) is 0 Å². The predicted molar refractivity (Wildman–Crippen MR) is 91.8 cm³/mol. The Morgan fingerprint density at radius 3 is 2.62 bits per heavy atom. The molecular formula is C18H22ClN3O2. The van der Waals surface area contributed by atoms with Crippen LogP contribution in [-0.4, -0.2) is 27.0 Å². The lowest BCUT2D eigenvalue weighted by Crippen LogP contribution is -2.31. The number of hydrogen-bond donors (Lipinski definition) is 0. The third kappa shape index (κ3) is 3.42. The van der Waals surface area contributed by atoms with Gasteiger partial charge in [-0.15, -0.1) is 0 Å². The van der Waals surface area contributed by atoms with Crippen LogP contribution in [-0.2, 0) is 4.74 Å². The highest BCUT2D eigenvalue weighted by atomic mass is 35.5. The zero-order chi connectivity index (χ0) is 16.7. The monoisotopic (exact) mass is 347 g/mol. The Balaban J connectivity index is 1.64. The van der Waals surface area contributed by atoms with Crippen molar-refractivity contribution in [2.45, 2.75) is 63.7 Å². The van der Waals surface area contributed by atoms with Crippen LogP contribution in [0.5, 0.6) is 11.6 Å². The van der Waals surface area contributed by atoms with E-state index in [0.29, 0.717) is 22.9 Å². The number of rotatable bonds is 4. The molecule has 0 spiro atoms. The number of nitrogens with zero attached hydrogens (tertiary/aromatic N) is 3. The van der Waals surface area contributed by atoms with Gasteiger partial charge >= 0.3 is 0 Å². The molecule has 2 aromatic heterocycles. The Morgan fingerprint density at radius 1 is 1.21 bits per heavy atom. The first-order valence-electron chi connectivity index (χ1n) is 8.63. The summed E-state index contributed by atoms with van der Waals surface area (Å²) in [5.74, 6) is 2.06. The predicted octanol–water partition coefficient (Wildman–Crippen LogP) is 4.73.